The van der Waals surface area contributed by atoms with Crippen LogP contribution in [0.15, 0.2) is 18.2 Å². The van der Waals surface area contributed by atoms with Crippen LogP contribution in [0, 0.1) is 5.92 Å². The van der Waals surface area contributed by atoms with Crippen molar-refractivity contribution in [3.63, 3.8) is 0 Å². The van der Waals surface area contributed by atoms with E-state index in [4.69, 9.17) is 5.73 Å². The summed E-state index contributed by atoms with van der Waals surface area (Å²) in [5, 5.41) is 0. The Labute approximate surface area is 103 Å². The van der Waals surface area contributed by atoms with Crippen LogP contribution in [0.25, 0.3) is 0 Å². The van der Waals surface area contributed by atoms with Crippen molar-refractivity contribution in [3.05, 3.63) is 34.9 Å². The number of carbonyl (C=O) groups is 1. The third-order valence-electron chi connectivity index (χ3n) is 3.69. The van der Waals surface area contributed by atoms with Crippen LogP contribution in [0.3, 0.4) is 0 Å². The zero-order valence-electron chi connectivity index (χ0n) is 10.5. The van der Waals surface area contributed by atoms with Crippen LogP contribution in [0.5, 0.6) is 0 Å². The average molecular weight is 231 g/mol. The maximum atomic E-state index is 11.9. The Morgan fingerprint density at radius 1 is 1.35 bits per heavy atom. The molecule has 1 aromatic rings. The lowest BCUT2D eigenvalue weighted by atomic mass is 9.95. The second-order valence-corrected chi connectivity index (χ2v) is 5.08. The van der Waals surface area contributed by atoms with E-state index in [2.05, 4.69) is 18.2 Å². The van der Waals surface area contributed by atoms with Crippen LogP contribution in [0.2, 0.25) is 0 Å². The highest BCUT2D eigenvalue weighted by Crippen LogP contribution is 2.23. The molecule has 0 saturated carbocycles. The average Bonchev–Trinajstić information content (AvgIpc) is 2.76. The fraction of sp³-hybridized carbons (Fsp3) is 0.533. The molecule has 0 amide bonds. The summed E-state index contributed by atoms with van der Waals surface area (Å²) in [7, 11) is 0. The number of aryl methyl sites for hydroxylation is 2. The lowest BCUT2D eigenvalue weighted by Crippen LogP contribution is -2.17. The summed E-state index contributed by atoms with van der Waals surface area (Å²) in [6.07, 6.45) is 5.00. The summed E-state index contributed by atoms with van der Waals surface area (Å²) < 4.78 is 0. The van der Waals surface area contributed by atoms with Gasteiger partial charge in [0.2, 0.25) is 0 Å². The van der Waals surface area contributed by atoms with Gasteiger partial charge in [-0.05, 0) is 48.9 Å². The Morgan fingerprint density at radius 2 is 2.12 bits per heavy atom. The van der Waals surface area contributed by atoms with E-state index in [1.165, 1.54) is 36.0 Å². The molecule has 0 spiro atoms. The normalized spacial score (nSPS) is 15.6. The molecule has 0 bridgehead atoms. The molecule has 1 aliphatic rings. The third-order valence-corrected chi connectivity index (χ3v) is 3.69. The summed E-state index contributed by atoms with van der Waals surface area (Å²) in [5.41, 5.74) is 9.56. The van der Waals surface area contributed by atoms with E-state index in [1.54, 1.807) is 0 Å². The molecule has 1 aliphatic carbocycles. The first-order valence-corrected chi connectivity index (χ1v) is 6.54. The number of hydrogen-bond acceptors (Lipinski definition) is 2. The largest absolute Gasteiger partial charge is 0.330 e. The van der Waals surface area contributed by atoms with Crippen LogP contribution in [0.4, 0.5) is 0 Å². The number of Topliss-reactive ketones (excluding diaryl/α,β-unsaturated/α-hetero) is 1. The van der Waals surface area contributed by atoms with Crippen LogP contribution in [0.1, 0.15) is 36.5 Å². The van der Waals surface area contributed by atoms with Crippen molar-refractivity contribution in [2.24, 2.45) is 11.7 Å². The number of rotatable bonds is 5. The van der Waals surface area contributed by atoms with Gasteiger partial charge in [0.1, 0.15) is 5.78 Å². The Bertz CT molecular complexity index is 411. The fourth-order valence-corrected chi connectivity index (χ4v) is 2.52. The molecule has 1 unspecified atom stereocenters. The van der Waals surface area contributed by atoms with Crippen LogP contribution >= 0.6 is 0 Å². The molecule has 0 saturated heterocycles. The minimum absolute atomic E-state index is 0.0910. The van der Waals surface area contributed by atoms with Gasteiger partial charge in [0.15, 0.2) is 0 Å². The van der Waals surface area contributed by atoms with Gasteiger partial charge in [-0.2, -0.15) is 0 Å². The minimum Gasteiger partial charge on any atom is -0.330 e. The first kappa shape index (κ1) is 12.3. The molecule has 2 nitrogen and oxygen atoms in total. The molecule has 92 valence electrons. The van der Waals surface area contributed by atoms with E-state index < -0.39 is 0 Å². The maximum absolute atomic E-state index is 11.9. The van der Waals surface area contributed by atoms with E-state index in [0.29, 0.717) is 18.7 Å². The summed E-state index contributed by atoms with van der Waals surface area (Å²) in [5.74, 6) is 0.404. The van der Waals surface area contributed by atoms with E-state index in [9.17, 15) is 4.79 Å². The Balaban J connectivity index is 2.01. The number of hydrogen-bond donors (Lipinski definition) is 1. The molecule has 0 fully saturated rings. The molecule has 2 rings (SSSR count). The van der Waals surface area contributed by atoms with E-state index in [0.717, 1.165) is 6.42 Å². The number of fused-ring (bicyclic) bond motifs is 1. The van der Waals surface area contributed by atoms with Crippen molar-refractivity contribution in [2.45, 2.75) is 39.0 Å². The van der Waals surface area contributed by atoms with Gasteiger partial charge in [-0.15, -0.1) is 0 Å². The van der Waals surface area contributed by atoms with Crippen molar-refractivity contribution >= 4 is 5.78 Å². The fourth-order valence-electron chi connectivity index (χ4n) is 2.52. The number of nitrogens with two attached hydrogens (primary N) is 1. The summed E-state index contributed by atoms with van der Waals surface area (Å²) >= 11 is 0. The highest BCUT2D eigenvalue weighted by molar-refractivity contribution is 5.83. The predicted octanol–water partition coefficient (Wildman–Crippen LogP) is 2.27. The molecule has 17 heavy (non-hydrogen) atoms. The molecular weight excluding hydrogens is 210 g/mol. The molecule has 0 aliphatic heterocycles. The maximum Gasteiger partial charge on any atom is 0.140 e. The lowest BCUT2D eigenvalue weighted by molar-refractivity contribution is -0.121. The van der Waals surface area contributed by atoms with E-state index >= 15 is 0 Å². The topological polar surface area (TPSA) is 43.1 Å². The molecule has 1 aromatic carbocycles. The van der Waals surface area contributed by atoms with Crippen LogP contribution in [-0.4, -0.2) is 12.3 Å². The second-order valence-electron chi connectivity index (χ2n) is 5.08. The van der Waals surface area contributed by atoms with Crippen molar-refractivity contribution in [1.82, 2.24) is 0 Å². The van der Waals surface area contributed by atoms with Gasteiger partial charge in [0.05, 0.1) is 0 Å². The summed E-state index contributed by atoms with van der Waals surface area (Å²) in [6, 6.07) is 6.52. The van der Waals surface area contributed by atoms with Gasteiger partial charge in [0.25, 0.3) is 0 Å². The van der Waals surface area contributed by atoms with Gasteiger partial charge in [-0.25, -0.2) is 0 Å². The standard InChI is InChI=1S/C15H21NO/c1-11(7-8-16)15(17)10-12-5-6-13-3-2-4-14(13)9-12/h5-6,9,11H,2-4,7-8,10,16H2,1H3. The second kappa shape index (κ2) is 5.46. The Morgan fingerprint density at radius 3 is 2.88 bits per heavy atom. The van der Waals surface area contributed by atoms with Gasteiger partial charge in [-0.1, -0.05) is 25.1 Å². The third kappa shape index (κ3) is 2.95. The van der Waals surface area contributed by atoms with Crippen molar-refractivity contribution < 1.29 is 4.79 Å². The molecule has 1 atom stereocenters. The predicted molar refractivity (Wildman–Crippen MR) is 70.0 cm³/mol. The first-order valence-electron chi connectivity index (χ1n) is 6.54. The SMILES string of the molecule is CC(CCN)C(=O)Cc1ccc2c(c1)CCC2. The lowest BCUT2D eigenvalue weighted by Gasteiger charge is -2.09. The number of benzene rings is 1. The number of ketones is 1. The zero-order valence-corrected chi connectivity index (χ0v) is 10.5. The highest BCUT2D eigenvalue weighted by atomic mass is 16.1. The van der Waals surface area contributed by atoms with E-state index in [-0.39, 0.29) is 5.92 Å². The smallest absolute Gasteiger partial charge is 0.140 e. The van der Waals surface area contributed by atoms with Gasteiger partial charge in [0, 0.05) is 12.3 Å². The van der Waals surface area contributed by atoms with Gasteiger partial charge >= 0.3 is 0 Å². The van der Waals surface area contributed by atoms with Crippen molar-refractivity contribution in [3.8, 4) is 0 Å². The van der Waals surface area contributed by atoms with Gasteiger partial charge < -0.3 is 5.73 Å². The van der Waals surface area contributed by atoms with Crippen molar-refractivity contribution in [1.29, 1.82) is 0 Å². The van der Waals surface area contributed by atoms with Crippen LogP contribution < -0.4 is 5.73 Å². The highest BCUT2D eigenvalue weighted by Gasteiger charge is 2.15. The quantitative estimate of drug-likeness (QED) is 0.844. The first-order chi connectivity index (χ1) is 8.20. The molecule has 2 N–H and O–H groups in total. The van der Waals surface area contributed by atoms with Gasteiger partial charge in [-0.3, -0.25) is 4.79 Å². The Hall–Kier alpha value is -1.15. The molecule has 0 radical (unpaired) electrons. The summed E-state index contributed by atoms with van der Waals surface area (Å²) in [4.78, 5) is 11.9. The molecule has 0 heterocycles. The van der Waals surface area contributed by atoms with Crippen LogP contribution in [-0.2, 0) is 24.1 Å². The van der Waals surface area contributed by atoms with E-state index in [1.807, 2.05) is 6.92 Å². The number of carbonyl (C=O) groups excluding carboxylic acids is 1. The Kier molecular flexibility index (Phi) is 3.95. The zero-order chi connectivity index (χ0) is 12.3. The minimum atomic E-state index is 0.0910. The van der Waals surface area contributed by atoms with Crippen molar-refractivity contribution in [2.75, 3.05) is 6.54 Å². The molecule has 2 heteroatoms. The monoisotopic (exact) mass is 231 g/mol. The summed E-state index contributed by atoms with van der Waals surface area (Å²) in [6.45, 7) is 2.57. The molecular formula is C15H21NO. The molecule has 0 aromatic heterocycles.